The van der Waals surface area contributed by atoms with E-state index in [9.17, 15) is 19.2 Å². The minimum absolute atomic E-state index is 0.0743. The number of anilines is 4. The summed E-state index contributed by atoms with van der Waals surface area (Å²) >= 11 is 0. The van der Waals surface area contributed by atoms with Gasteiger partial charge in [0.2, 0.25) is 11.8 Å². The summed E-state index contributed by atoms with van der Waals surface area (Å²) in [4.78, 5) is 53.8. The first-order valence-corrected chi connectivity index (χ1v) is 13.1. The second-order valence-corrected chi connectivity index (χ2v) is 9.89. The van der Waals surface area contributed by atoms with Crippen LogP contribution in [0.5, 0.6) is 0 Å². The first-order chi connectivity index (χ1) is 18.7. The molecule has 2 amide bonds. The molecule has 1 aliphatic rings. The maximum atomic E-state index is 13.1. The van der Waals surface area contributed by atoms with Crippen molar-refractivity contribution in [3.8, 4) is 0 Å². The van der Waals surface area contributed by atoms with Gasteiger partial charge in [0.1, 0.15) is 0 Å². The van der Waals surface area contributed by atoms with Crippen molar-refractivity contribution in [1.29, 1.82) is 0 Å². The van der Waals surface area contributed by atoms with E-state index >= 15 is 0 Å². The summed E-state index contributed by atoms with van der Waals surface area (Å²) in [5, 5.41) is 5.69. The summed E-state index contributed by atoms with van der Waals surface area (Å²) in [7, 11) is 0. The zero-order chi connectivity index (χ0) is 27.9. The van der Waals surface area contributed by atoms with Crippen molar-refractivity contribution in [2.24, 2.45) is 0 Å². The van der Waals surface area contributed by atoms with Gasteiger partial charge in [-0.15, -0.1) is 0 Å². The molecule has 2 N–H and O–H groups in total. The number of aryl methyl sites for hydroxylation is 1. The lowest BCUT2D eigenvalue weighted by molar-refractivity contribution is -0.115. The van der Waals surface area contributed by atoms with Crippen molar-refractivity contribution in [3.63, 3.8) is 0 Å². The lowest BCUT2D eigenvalue weighted by atomic mass is 10.1. The molecule has 202 valence electrons. The van der Waals surface area contributed by atoms with Crippen LogP contribution in [0.4, 0.5) is 22.7 Å². The highest BCUT2D eigenvalue weighted by Gasteiger charge is 2.20. The van der Waals surface area contributed by atoms with E-state index in [4.69, 9.17) is 0 Å². The molecule has 1 aliphatic heterocycles. The number of nitrogens with zero attached hydrogens (tertiary/aromatic N) is 2. The van der Waals surface area contributed by atoms with Crippen LogP contribution in [-0.2, 0) is 9.59 Å². The van der Waals surface area contributed by atoms with E-state index < -0.39 is 0 Å². The van der Waals surface area contributed by atoms with Crippen LogP contribution >= 0.6 is 0 Å². The molecule has 0 unspecified atom stereocenters. The highest BCUT2D eigenvalue weighted by atomic mass is 16.2. The predicted molar refractivity (Wildman–Crippen MR) is 155 cm³/mol. The van der Waals surface area contributed by atoms with E-state index in [0.717, 1.165) is 30.0 Å². The number of hydrogen-bond donors (Lipinski definition) is 2. The number of amides is 2. The molecule has 8 nitrogen and oxygen atoms in total. The number of Topliss-reactive ketones (excluding diaryl/α,β-unsaturated/α-hetero) is 2. The van der Waals surface area contributed by atoms with E-state index in [-0.39, 0.29) is 36.5 Å². The minimum atomic E-state index is -0.315. The molecule has 0 radical (unpaired) electrons. The maximum Gasteiger partial charge on any atom is 0.243 e. The Bertz CT molecular complexity index is 1320. The lowest BCUT2D eigenvalue weighted by Gasteiger charge is -2.27. The third-order valence-electron chi connectivity index (χ3n) is 6.77. The Balaban J connectivity index is 1.54. The number of carbonyl (C=O) groups is 4. The molecule has 0 spiro atoms. The molecule has 1 heterocycles. The number of ketones is 2. The fraction of sp³-hybridized carbons (Fsp3) is 0.290. The fourth-order valence-electron chi connectivity index (χ4n) is 4.77. The molecule has 8 heteroatoms. The first kappa shape index (κ1) is 27.6. The summed E-state index contributed by atoms with van der Waals surface area (Å²) in [6.45, 7) is 6.82. The minimum Gasteiger partial charge on any atom is -0.372 e. The smallest absolute Gasteiger partial charge is 0.243 e. The van der Waals surface area contributed by atoms with E-state index in [0.29, 0.717) is 22.5 Å². The lowest BCUT2D eigenvalue weighted by Crippen LogP contribution is -2.39. The summed E-state index contributed by atoms with van der Waals surface area (Å²) in [5.74, 6) is -0.811. The van der Waals surface area contributed by atoms with Crippen LogP contribution in [0, 0.1) is 6.92 Å². The molecule has 0 saturated carbocycles. The summed E-state index contributed by atoms with van der Waals surface area (Å²) in [6.07, 6.45) is 2.34. The number of nitrogens with one attached hydrogen (secondary N) is 2. The molecular weight excluding hydrogens is 492 g/mol. The van der Waals surface area contributed by atoms with E-state index in [1.54, 1.807) is 53.4 Å². The summed E-state index contributed by atoms with van der Waals surface area (Å²) < 4.78 is 0. The largest absolute Gasteiger partial charge is 0.372 e. The Labute approximate surface area is 229 Å². The summed E-state index contributed by atoms with van der Waals surface area (Å²) in [6, 6.07) is 19.6. The molecular formula is C31H34N4O4. The SMILES string of the molecule is CC(=O)c1cccc(NC(=O)CN(CC(=O)Nc2cccc(C(C)=O)c2)c2ccc(N3CCCC3)cc2C)c1. The molecule has 0 atom stereocenters. The van der Waals surface area contributed by atoms with Gasteiger partial charge in [-0.05, 0) is 81.6 Å². The van der Waals surface area contributed by atoms with Crippen molar-refractivity contribution in [2.75, 3.05) is 46.6 Å². The topological polar surface area (TPSA) is 98.8 Å². The van der Waals surface area contributed by atoms with Crippen molar-refractivity contribution < 1.29 is 19.2 Å². The van der Waals surface area contributed by atoms with Crippen molar-refractivity contribution in [1.82, 2.24) is 0 Å². The fourth-order valence-corrected chi connectivity index (χ4v) is 4.77. The Morgan fingerprint density at radius 1 is 0.744 bits per heavy atom. The van der Waals surface area contributed by atoms with Crippen LogP contribution in [0.2, 0.25) is 0 Å². The van der Waals surface area contributed by atoms with E-state index in [2.05, 4.69) is 21.6 Å². The van der Waals surface area contributed by atoms with Gasteiger partial charge in [0, 0.05) is 47.0 Å². The van der Waals surface area contributed by atoms with Gasteiger partial charge in [0.05, 0.1) is 13.1 Å². The van der Waals surface area contributed by atoms with Gasteiger partial charge >= 0.3 is 0 Å². The van der Waals surface area contributed by atoms with Gasteiger partial charge in [0.15, 0.2) is 11.6 Å². The number of hydrogen-bond acceptors (Lipinski definition) is 6. The Morgan fingerprint density at radius 3 is 1.72 bits per heavy atom. The Morgan fingerprint density at radius 2 is 1.26 bits per heavy atom. The van der Waals surface area contributed by atoms with Crippen LogP contribution in [0.3, 0.4) is 0 Å². The molecule has 3 aromatic rings. The van der Waals surface area contributed by atoms with Crippen LogP contribution in [-0.4, -0.2) is 49.6 Å². The molecule has 1 saturated heterocycles. The number of benzene rings is 3. The highest BCUT2D eigenvalue weighted by Crippen LogP contribution is 2.28. The van der Waals surface area contributed by atoms with Gasteiger partial charge in [-0.25, -0.2) is 0 Å². The van der Waals surface area contributed by atoms with Gasteiger partial charge in [-0.1, -0.05) is 24.3 Å². The van der Waals surface area contributed by atoms with Gasteiger partial charge in [0.25, 0.3) is 0 Å². The molecule has 4 rings (SSSR count). The second kappa shape index (κ2) is 12.4. The van der Waals surface area contributed by atoms with Crippen LogP contribution in [0.15, 0.2) is 66.7 Å². The normalized spacial score (nSPS) is 12.6. The van der Waals surface area contributed by atoms with Gasteiger partial charge in [-0.2, -0.15) is 0 Å². The predicted octanol–water partition coefficient (Wildman–Crippen LogP) is 5.08. The van der Waals surface area contributed by atoms with Crippen molar-refractivity contribution >= 4 is 46.1 Å². The molecule has 3 aromatic carbocycles. The zero-order valence-corrected chi connectivity index (χ0v) is 22.6. The van der Waals surface area contributed by atoms with Gasteiger partial charge in [-0.3, -0.25) is 19.2 Å². The van der Waals surface area contributed by atoms with E-state index in [1.807, 2.05) is 19.1 Å². The number of carbonyl (C=O) groups excluding carboxylic acids is 4. The van der Waals surface area contributed by atoms with Crippen LogP contribution in [0.1, 0.15) is 53.0 Å². The van der Waals surface area contributed by atoms with Crippen LogP contribution < -0.4 is 20.4 Å². The molecule has 0 bridgehead atoms. The molecule has 39 heavy (non-hydrogen) atoms. The Kier molecular flexibility index (Phi) is 8.76. The second-order valence-electron chi connectivity index (χ2n) is 9.89. The molecule has 0 aromatic heterocycles. The van der Waals surface area contributed by atoms with Gasteiger partial charge < -0.3 is 20.4 Å². The average molecular weight is 527 g/mol. The number of rotatable bonds is 10. The third kappa shape index (κ3) is 7.31. The maximum absolute atomic E-state index is 13.1. The van der Waals surface area contributed by atoms with E-state index in [1.165, 1.54) is 26.7 Å². The standard InChI is InChI=1S/C31H34N4O4/c1-21-16-28(34-14-4-5-15-34)12-13-29(21)35(19-30(38)32-26-10-6-8-24(17-26)22(2)36)20-31(39)33-27-11-7-9-25(18-27)23(3)37/h6-13,16-18H,4-5,14-15,19-20H2,1-3H3,(H,32,38)(H,33,39). The van der Waals surface area contributed by atoms with Crippen LogP contribution in [0.25, 0.3) is 0 Å². The monoisotopic (exact) mass is 526 g/mol. The highest BCUT2D eigenvalue weighted by molar-refractivity contribution is 6.01. The quantitative estimate of drug-likeness (QED) is 0.357. The zero-order valence-electron chi connectivity index (χ0n) is 22.6. The van der Waals surface area contributed by atoms with Crippen molar-refractivity contribution in [2.45, 2.75) is 33.6 Å². The Hall–Kier alpha value is -4.46. The average Bonchev–Trinajstić information content (AvgIpc) is 3.43. The first-order valence-electron chi connectivity index (χ1n) is 13.1. The summed E-state index contributed by atoms with van der Waals surface area (Å²) in [5.41, 5.74) is 4.90. The van der Waals surface area contributed by atoms with Crippen molar-refractivity contribution in [3.05, 3.63) is 83.4 Å². The third-order valence-corrected chi connectivity index (χ3v) is 6.77. The molecule has 1 fully saturated rings. The molecule has 0 aliphatic carbocycles.